The molecule has 2 saturated heterocycles. The van der Waals surface area contributed by atoms with Crippen molar-refractivity contribution in [1.29, 1.82) is 0 Å². The molecular weight excluding hydrogens is 844 g/mol. The lowest BCUT2D eigenvalue weighted by molar-refractivity contribution is -0.136. The fourth-order valence-electron chi connectivity index (χ4n) is 7.91. The summed E-state index contributed by atoms with van der Waals surface area (Å²) in [5, 5.41) is 10.3. The Morgan fingerprint density at radius 3 is 1.34 bits per heavy atom. The smallest absolute Gasteiger partial charge is 0.313 e. The van der Waals surface area contributed by atoms with Gasteiger partial charge in [-0.05, 0) is 74.9 Å². The second-order valence-corrected chi connectivity index (χ2v) is 18.4. The molecule has 0 atom stereocenters. The van der Waals surface area contributed by atoms with E-state index < -0.39 is 41.8 Å². The molecule has 0 radical (unpaired) electrons. The van der Waals surface area contributed by atoms with E-state index in [0.29, 0.717) is 61.9 Å². The number of ether oxygens (including phenoxy) is 4. The molecule has 64 heavy (non-hydrogen) atoms. The normalized spacial score (nSPS) is 14.7. The van der Waals surface area contributed by atoms with Gasteiger partial charge in [0, 0.05) is 80.2 Å². The maximum atomic E-state index is 15.6. The molecule has 3 aromatic rings. The van der Waals surface area contributed by atoms with E-state index in [0.717, 1.165) is 39.3 Å². The van der Waals surface area contributed by atoms with Crippen molar-refractivity contribution in [3.8, 4) is 0 Å². The van der Waals surface area contributed by atoms with E-state index in [1.54, 1.807) is 71.9 Å². The Labute approximate surface area is 374 Å². The first-order valence-corrected chi connectivity index (χ1v) is 23.3. The van der Waals surface area contributed by atoms with Crippen molar-refractivity contribution in [3.05, 3.63) is 87.0 Å². The van der Waals surface area contributed by atoms with E-state index in [1.165, 1.54) is 12.1 Å². The molecule has 3 aromatic carbocycles. The van der Waals surface area contributed by atoms with Gasteiger partial charge in [-0.3, -0.25) is 38.6 Å². The zero-order valence-electron chi connectivity index (χ0n) is 37.7. The third-order valence-corrected chi connectivity index (χ3v) is 13.9. The summed E-state index contributed by atoms with van der Waals surface area (Å²) in [6, 6.07) is 11.0. The molecule has 0 bridgehead atoms. The van der Waals surface area contributed by atoms with Crippen LogP contribution in [0.1, 0.15) is 54.1 Å². The van der Waals surface area contributed by atoms with E-state index in [-0.39, 0.29) is 65.2 Å². The molecule has 346 valence electrons. The van der Waals surface area contributed by atoms with Gasteiger partial charge >= 0.3 is 23.6 Å². The lowest BCUT2D eigenvalue weighted by Crippen LogP contribution is -2.39. The number of carbonyl (C=O) groups is 6. The van der Waals surface area contributed by atoms with Gasteiger partial charge in [0.15, 0.2) is 0 Å². The van der Waals surface area contributed by atoms with Crippen LogP contribution in [0.5, 0.6) is 0 Å². The lowest BCUT2D eigenvalue weighted by Gasteiger charge is -2.26. The van der Waals surface area contributed by atoms with E-state index in [2.05, 4.69) is 31.1 Å². The number of hydrogen-bond donors (Lipinski definition) is 4. The average molecular weight is 905 g/mol. The minimum Gasteiger partial charge on any atom is -0.379 e. The van der Waals surface area contributed by atoms with Crippen LogP contribution >= 0.6 is 7.14 Å². The summed E-state index contributed by atoms with van der Waals surface area (Å²) >= 11 is 0. The minimum atomic E-state index is -4.76. The Morgan fingerprint density at radius 1 is 0.562 bits per heavy atom. The molecular formula is C46H61N6O11P. The number of morpholine rings is 2. The Kier molecular flexibility index (Phi) is 18.5. The second-order valence-electron chi connectivity index (χ2n) is 15.9. The summed E-state index contributed by atoms with van der Waals surface area (Å²) in [4.78, 5) is 86.5. The molecule has 2 aliphatic rings. The number of hydrogen-bond acceptors (Lipinski definition) is 13. The highest BCUT2D eigenvalue weighted by Crippen LogP contribution is 2.53. The fourth-order valence-corrected chi connectivity index (χ4v) is 10.5. The first-order valence-electron chi connectivity index (χ1n) is 21.6. The number of rotatable bonds is 19. The van der Waals surface area contributed by atoms with Crippen LogP contribution in [0, 0.1) is 41.5 Å². The molecule has 0 unspecified atom stereocenters. The van der Waals surface area contributed by atoms with Gasteiger partial charge in [-0.1, -0.05) is 42.5 Å². The average Bonchev–Trinajstić information content (AvgIpc) is 3.28. The van der Waals surface area contributed by atoms with Gasteiger partial charge in [0.25, 0.3) is 0 Å². The Balaban J connectivity index is 1.31. The highest BCUT2D eigenvalue weighted by Gasteiger charge is 2.45. The zero-order valence-corrected chi connectivity index (χ0v) is 38.6. The summed E-state index contributed by atoms with van der Waals surface area (Å²) < 4.78 is 37.6. The predicted molar refractivity (Wildman–Crippen MR) is 243 cm³/mol. The minimum absolute atomic E-state index is 0.0157. The van der Waals surface area contributed by atoms with Crippen molar-refractivity contribution in [2.75, 3.05) is 116 Å². The van der Waals surface area contributed by atoms with Crippen LogP contribution in [-0.4, -0.2) is 150 Å². The van der Waals surface area contributed by atoms with Crippen molar-refractivity contribution in [2.45, 2.75) is 41.5 Å². The lowest BCUT2D eigenvalue weighted by atomic mass is 9.97. The summed E-state index contributed by atoms with van der Waals surface area (Å²) in [5.74, 6) is -3.79. The number of nitrogens with one attached hydrogen (secondary N) is 4. The third kappa shape index (κ3) is 12.6. The first-order chi connectivity index (χ1) is 30.6. The number of aryl methyl sites for hydroxylation is 4. The van der Waals surface area contributed by atoms with Gasteiger partial charge in [-0.2, -0.15) is 0 Å². The SMILES string of the molecule is Cc1cc(C)c(C(=O)P(=O)(C(=O)c2c(C)cc(C)c(NC(=O)C(=O)NCCOCCN3CCOCC3)c2C)c2ccccc2)c(C)c1NC(=O)C(=O)NCCOCCN1CCOCC1. The topological polar surface area (TPSA) is 211 Å². The molecule has 4 N–H and O–H groups in total. The van der Waals surface area contributed by atoms with Gasteiger partial charge in [0.05, 0.1) is 52.9 Å². The van der Waals surface area contributed by atoms with Crippen molar-refractivity contribution in [1.82, 2.24) is 20.4 Å². The molecule has 0 aromatic heterocycles. The predicted octanol–water partition coefficient (Wildman–Crippen LogP) is 3.01. The van der Waals surface area contributed by atoms with Crippen LogP contribution in [-0.2, 0) is 42.7 Å². The second kappa shape index (κ2) is 23.7. The first kappa shape index (κ1) is 49.9. The van der Waals surface area contributed by atoms with Crippen LogP contribution in [0.25, 0.3) is 0 Å². The Hall–Kier alpha value is -5.13. The molecule has 0 saturated carbocycles. The Morgan fingerprint density at radius 2 is 0.953 bits per heavy atom. The number of benzene rings is 3. The van der Waals surface area contributed by atoms with E-state index in [9.17, 15) is 28.8 Å². The number of nitrogens with zero attached hydrogens (tertiary/aromatic N) is 2. The van der Waals surface area contributed by atoms with Gasteiger partial charge < -0.3 is 44.8 Å². The van der Waals surface area contributed by atoms with Crippen LogP contribution in [0.4, 0.5) is 11.4 Å². The summed E-state index contributed by atoms with van der Waals surface area (Å²) in [6.45, 7) is 18.8. The molecule has 4 amide bonds. The van der Waals surface area contributed by atoms with Gasteiger partial charge in [-0.15, -0.1) is 0 Å². The molecule has 5 rings (SSSR count). The van der Waals surface area contributed by atoms with Gasteiger partial charge in [-0.25, -0.2) is 0 Å². The van der Waals surface area contributed by atoms with Crippen LogP contribution in [0.2, 0.25) is 0 Å². The quantitative estimate of drug-likeness (QED) is 0.0776. The van der Waals surface area contributed by atoms with Crippen molar-refractivity contribution < 1.29 is 52.3 Å². The molecule has 2 aliphatic heterocycles. The Bertz CT molecular complexity index is 2110. The van der Waals surface area contributed by atoms with E-state index in [4.69, 9.17) is 18.9 Å². The van der Waals surface area contributed by atoms with Crippen LogP contribution in [0.3, 0.4) is 0 Å². The maximum absolute atomic E-state index is 15.6. The number of carbonyl (C=O) groups excluding carboxylic acids is 6. The number of amides is 4. The summed E-state index contributed by atoms with van der Waals surface area (Å²) in [7, 11) is -4.76. The number of anilines is 2. The maximum Gasteiger partial charge on any atom is 0.313 e. The van der Waals surface area contributed by atoms with Gasteiger partial charge in [0.1, 0.15) is 0 Å². The molecule has 2 heterocycles. The fraction of sp³-hybridized carbons (Fsp3) is 0.478. The van der Waals surface area contributed by atoms with Crippen molar-refractivity contribution in [2.24, 2.45) is 0 Å². The van der Waals surface area contributed by atoms with Crippen molar-refractivity contribution >= 4 is 58.5 Å². The molecule has 2 fully saturated rings. The highest BCUT2D eigenvalue weighted by molar-refractivity contribution is 8.01. The van der Waals surface area contributed by atoms with E-state index in [1.807, 2.05) is 0 Å². The van der Waals surface area contributed by atoms with Crippen LogP contribution < -0.4 is 26.6 Å². The van der Waals surface area contributed by atoms with E-state index >= 15 is 4.57 Å². The molecule has 0 aliphatic carbocycles. The van der Waals surface area contributed by atoms with Crippen molar-refractivity contribution in [3.63, 3.8) is 0 Å². The largest absolute Gasteiger partial charge is 0.379 e. The van der Waals surface area contributed by atoms with Gasteiger partial charge in [0.2, 0.25) is 18.2 Å². The standard InChI is InChI=1S/C46H61N6O11P/c1-30-28-32(3)39(49-43(55)41(53)47-12-20-60-22-14-51-16-24-62-25-17-51)34(5)37(30)45(57)64(59,36-10-8-7-9-11-36)46(58)38-31(2)29-33(4)40(35(38)6)50-44(56)42(54)48-13-21-61-23-15-52-18-26-63-27-19-52/h7-11,28-29H,12-27H2,1-6H3,(H,47,53)(H,48,54)(H,49,55)(H,50,56). The molecule has 17 nitrogen and oxygen atoms in total. The summed E-state index contributed by atoms with van der Waals surface area (Å²) in [6.07, 6.45) is 0. The highest BCUT2D eigenvalue weighted by atomic mass is 31.2. The van der Waals surface area contributed by atoms with Crippen LogP contribution in [0.15, 0.2) is 42.5 Å². The third-order valence-electron chi connectivity index (χ3n) is 11.3. The monoisotopic (exact) mass is 904 g/mol. The molecule has 18 heteroatoms. The zero-order chi connectivity index (χ0) is 46.4. The molecule has 0 spiro atoms. The summed E-state index contributed by atoms with van der Waals surface area (Å²) in [5.41, 5.74) is 0.601.